The lowest BCUT2D eigenvalue weighted by Crippen LogP contribution is -2.05. The number of methoxy groups -OCH3 is 1. The zero-order valence-corrected chi connectivity index (χ0v) is 12.9. The van der Waals surface area contributed by atoms with Crippen molar-refractivity contribution in [2.24, 2.45) is 0 Å². The summed E-state index contributed by atoms with van der Waals surface area (Å²) in [6, 6.07) is 10.2. The summed E-state index contributed by atoms with van der Waals surface area (Å²) in [5, 5.41) is 1.10. The largest absolute Gasteiger partial charge is 0.465 e. The maximum atomic E-state index is 11.8. The van der Waals surface area contributed by atoms with Crippen molar-refractivity contribution in [2.75, 3.05) is 12.8 Å². The van der Waals surface area contributed by atoms with Gasteiger partial charge in [0.05, 0.1) is 17.7 Å². The van der Waals surface area contributed by atoms with Crippen molar-refractivity contribution in [1.82, 2.24) is 0 Å². The zero-order valence-electron chi connectivity index (χ0n) is 10.5. The summed E-state index contributed by atoms with van der Waals surface area (Å²) in [5.74, 6) is -0.446. The molecule has 2 N–H and O–H groups in total. The van der Waals surface area contributed by atoms with Crippen LogP contribution in [0.1, 0.15) is 10.4 Å². The molecule has 0 aliphatic rings. The lowest BCUT2D eigenvalue weighted by atomic mass is 10.2. The van der Waals surface area contributed by atoms with Crippen LogP contribution in [0.5, 0.6) is 0 Å². The number of nitrogens with two attached hydrogens (primary N) is 1. The van der Waals surface area contributed by atoms with Gasteiger partial charge in [0.2, 0.25) is 0 Å². The van der Waals surface area contributed by atoms with Crippen LogP contribution in [0.15, 0.2) is 46.2 Å². The highest BCUT2D eigenvalue weighted by atomic mass is 35.5. The number of carbonyl (C=O) groups is 1. The minimum absolute atomic E-state index is 0.397. The van der Waals surface area contributed by atoms with Crippen molar-refractivity contribution in [3.8, 4) is 0 Å². The van der Waals surface area contributed by atoms with E-state index in [-0.39, 0.29) is 0 Å². The van der Waals surface area contributed by atoms with Crippen molar-refractivity contribution in [2.45, 2.75) is 9.79 Å². The van der Waals surface area contributed by atoms with Crippen LogP contribution in [-0.4, -0.2) is 13.1 Å². The standard InChI is InChI=1S/C14H11Cl2NO2S/c1-19-14(18)9-3-2-4-11(17)13(9)20-12-7-8(15)5-6-10(12)16/h2-7H,17H2,1H3. The highest BCUT2D eigenvalue weighted by Crippen LogP contribution is 2.39. The number of nitrogen functional groups attached to an aromatic ring is 1. The predicted octanol–water partition coefficient (Wildman–Crippen LogP) is 4.51. The SMILES string of the molecule is COC(=O)c1cccc(N)c1Sc1cc(Cl)ccc1Cl. The minimum atomic E-state index is -0.446. The first-order chi connectivity index (χ1) is 9.52. The number of hydrogen-bond donors (Lipinski definition) is 1. The number of hydrogen-bond acceptors (Lipinski definition) is 4. The van der Waals surface area contributed by atoms with Gasteiger partial charge in [-0.2, -0.15) is 0 Å². The lowest BCUT2D eigenvalue weighted by Gasteiger charge is -2.11. The molecule has 2 aromatic rings. The number of benzene rings is 2. The van der Waals surface area contributed by atoms with Crippen molar-refractivity contribution in [1.29, 1.82) is 0 Å². The first-order valence-corrected chi connectivity index (χ1v) is 7.20. The summed E-state index contributed by atoms with van der Waals surface area (Å²) in [4.78, 5) is 13.1. The van der Waals surface area contributed by atoms with Crippen LogP contribution in [-0.2, 0) is 4.74 Å². The Bertz CT molecular complexity index is 662. The van der Waals surface area contributed by atoms with Gasteiger partial charge in [-0.25, -0.2) is 4.79 Å². The topological polar surface area (TPSA) is 52.3 Å². The van der Waals surface area contributed by atoms with E-state index >= 15 is 0 Å². The summed E-state index contributed by atoms with van der Waals surface area (Å²) >= 11 is 13.4. The third-order valence-electron chi connectivity index (χ3n) is 2.56. The van der Waals surface area contributed by atoms with E-state index in [1.54, 1.807) is 36.4 Å². The van der Waals surface area contributed by atoms with Crippen molar-refractivity contribution < 1.29 is 9.53 Å². The van der Waals surface area contributed by atoms with E-state index in [9.17, 15) is 4.79 Å². The van der Waals surface area contributed by atoms with E-state index in [2.05, 4.69) is 0 Å². The lowest BCUT2D eigenvalue weighted by molar-refractivity contribution is 0.0597. The fraction of sp³-hybridized carbons (Fsp3) is 0.0714. The molecule has 6 heteroatoms. The summed E-state index contributed by atoms with van der Waals surface area (Å²) < 4.78 is 4.76. The molecule has 3 nitrogen and oxygen atoms in total. The molecule has 0 fully saturated rings. The second-order valence-electron chi connectivity index (χ2n) is 3.89. The zero-order chi connectivity index (χ0) is 14.7. The molecule has 0 unspecified atom stereocenters. The van der Waals surface area contributed by atoms with E-state index in [1.807, 2.05) is 0 Å². The molecule has 0 saturated carbocycles. The smallest absolute Gasteiger partial charge is 0.339 e. The molecule has 0 bridgehead atoms. The van der Waals surface area contributed by atoms with Gasteiger partial charge in [-0.05, 0) is 30.3 Å². The van der Waals surface area contributed by atoms with Gasteiger partial charge in [-0.3, -0.25) is 0 Å². The molecule has 2 rings (SSSR count). The Morgan fingerprint density at radius 3 is 2.70 bits per heavy atom. The number of halogens is 2. The van der Waals surface area contributed by atoms with E-state index in [4.69, 9.17) is 33.7 Å². The summed E-state index contributed by atoms with van der Waals surface area (Å²) in [6.45, 7) is 0. The van der Waals surface area contributed by atoms with Crippen LogP contribution in [0.2, 0.25) is 10.0 Å². The average molecular weight is 328 g/mol. The number of ether oxygens (including phenoxy) is 1. The third kappa shape index (κ3) is 3.20. The van der Waals surface area contributed by atoms with Gasteiger partial charge in [0, 0.05) is 20.5 Å². The van der Waals surface area contributed by atoms with Gasteiger partial charge in [0.15, 0.2) is 0 Å². The maximum absolute atomic E-state index is 11.8. The van der Waals surface area contributed by atoms with E-state index in [1.165, 1.54) is 18.9 Å². The quantitative estimate of drug-likeness (QED) is 0.665. The number of esters is 1. The molecule has 0 spiro atoms. The van der Waals surface area contributed by atoms with E-state index in [0.29, 0.717) is 26.2 Å². The number of anilines is 1. The van der Waals surface area contributed by atoms with Gasteiger partial charge < -0.3 is 10.5 Å². The molecule has 20 heavy (non-hydrogen) atoms. The fourth-order valence-electron chi connectivity index (χ4n) is 1.60. The van der Waals surface area contributed by atoms with E-state index < -0.39 is 5.97 Å². The van der Waals surface area contributed by atoms with Crippen LogP contribution in [0.25, 0.3) is 0 Å². The normalized spacial score (nSPS) is 10.3. The van der Waals surface area contributed by atoms with Crippen LogP contribution >= 0.6 is 35.0 Å². The van der Waals surface area contributed by atoms with Crippen LogP contribution in [0, 0.1) is 0 Å². The highest BCUT2D eigenvalue weighted by molar-refractivity contribution is 7.99. The second-order valence-corrected chi connectivity index (χ2v) is 5.79. The van der Waals surface area contributed by atoms with Gasteiger partial charge in [-0.1, -0.05) is 41.0 Å². The summed E-state index contributed by atoms with van der Waals surface area (Å²) in [5.41, 5.74) is 6.82. The number of rotatable bonds is 3. The third-order valence-corrected chi connectivity index (χ3v) is 4.45. The molecule has 0 aliphatic heterocycles. The van der Waals surface area contributed by atoms with Gasteiger partial charge in [-0.15, -0.1) is 0 Å². The second kappa shape index (κ2) is 6.39. The van der Waals surface area contributed by atoms with Gasteiger partial charge in [0.25, 0.3) is 0 Å². The molecule has 0 radical (unpaired) electrons. The predicted molar refractivity (Wildman–Crippen MR) is 82.8 cm³/mol. The van der Waals surface area contributed by atoms with Gasteiger partial charge >= 0.3 is 5.97 Å². The number of carbonyl (C=O) groups excluding carboxylic acids is 1. The van der Waals surface area contributed by atoms with E-state index in [0.717, 1.165) is 4.90 Å². The Labute approximate surface area is 131 Å². The van der Waals surface area contributed by atoms with Crippen LogP contribution in [0.3, 0.4) is 0 Å². The van der Waals surface area contributed by atoms with Crippen molar-refractivity contribution in [3.63, 3.8) is 0 Å². The van der Waals surface area contributed by atoms with Crippen LogP contribution in [0.4, 0.5) is 5.69 Å². The fourth-order valence-corrected chi connectivity index (χ4v) is 3.09. The molecule has 0 aromatic heterocycles. The van der Waals surface area contributed by atoms with Gasteiger partial charge in [0.1, 0.15) is 0 Å². The molecule has 0 atom stereocenters. The average Bonchev–Trinajstić information content (AvgIpc) is 2.44. The minimum Gasteiger partial charge on any atom is -0.465 e. The van der Waals surface area contributed by atoms with Crippen LogP contribution < -0.4 is 5.73 Å². The molecular formula is C14H11Cl2NO2S. The first-order valence-electron chi connectivity index (χ1n) is 5.62. The van der Waals surface area contributed by atoms with Crippen molar-refractivity contribution in [3.05, 3.63) is 52.0 Å². The highest BCUT2D eigenvalue weighted by Gasteiger charge is 2.16. The van der Waals surface area contributed by atoms with Crippen molar-refractivity contribution >= 4 is 46.6 Å². The monoisotopic (exact) mass is 327 g/mol. The molecule has 2 aromatic carbocycles. The Kier molecular flexibility index (Phi) is 4.81. The first kappa shape index (κ1) is 15.0. The summed E-state index contributed by atoms with van der Waals surface area (Å²) in [6.07, 6.45) is 0. The molecular weight excluding hydrogens is 317 g/mol. The molecule has 0 heterocycles. The summed E-state index contributed by atoms with van der Waals surface area (Å²) in [7, 11) is 1.33. The molecule has 0 aliphatic carbocycles. The Balaban J connectivity index is 2.47. The Hall–Kier alpha value is -1.36. The Morgan fingerprint density at radius 2 is 2.00 bits per heavy atom. The Morgan fingerprint density at radius 1 is 1.25 bits per heavy atom. The maximum Gasteiger partial charge on any atom is 0.339 e. The molecule has 0 saturated heterocycles. The molecule has 0 amide bonds. The molecule has 104 valence electrons.